The average molecular weight is 1920 g/mol. The molecule has 4 aliphatic carbocycles. The zero-order valence-corrected chi connectivity index (χ0v) is 80.1. The maximum absolute atomic E-state index is 12.5. The van der Waals surface area contributed by atoms with Crippen LogP contribution in [-0.4, -0.2) is 140 Å². The van der Waals surface area contributed by atoms with E-state index < -0.39 is 17.1 Å². The zero-order chi connectivity index (χ0) is 97.7. The summed E-state index contributed by atoms with van der Waals surface area (Å²) in [6.45, 7) is 17.9. The number of halogens is 1. The van der Waals surface area contributed by atoms with Gasteiger partial charge in [-0.2, -0.15) is 9.59 Å². The lowest BCUT2D eigenvalue weighted by Crippen LogP contribution is -2.24. The summed E-state index contributed by atoms with van der Waals surface area (Å²) in [6.07, 6.45) is 16.0. The summed E-state index contributed by atoms with van der Waals surface area (Å²) in [5, 5.41) is 44.5. The van der Waals surface area contributed by atoms with Gasteiger partial charge in [-0.05, 0) is 281 Å². The number of aromatic nitrogens is 5. The molecular weight excluding hydrogens is 1800 g/mol. The molecule has 3 atom stereocenters. The predicted molar refractivity (Wildman–Crippen MR) is 523 cm³/mol. The number of ketones is 6. The Morgan fingerprint density at radius 1 is 0.417 bits per heavy atom. The number of ether oxygens (including phenoxy) is 7. The van der Waals surface area contributed by atoms with E-state index in [9.17, 15) is 48.3 Å². The van der Waals surface area contributed by atoms with Gasteiger partial charge < -0.3 is 66.6 Å². The SMILES string of the molecule is CC(C)(C)OC(=O)CCCOc1ccc2c(ccc3onc(C4CCC(=O)CC4=O)c32)c1.CCCc1noc2ccc3cc(OCCCC(=O)OC(C)(C)C)ccc3c12.CCOC(=O)Cc1noc2ccc3cc(O)ccc3c12.Cl.NCCOc1ccc2c(ccc3onc(C4CCC(=O)CC4=O)c32)c1.O=C1CCC(c2noc3ccc4cc(OCCCC5CCCCC5)ccc4c23)C(=O)C1.O=C=O. The Labute approximate surface area is 807 Å². The van der Waals surface area contributed by atoms with Crippen LogP contribution in [0.25, 0.3) is 109 Å². The number of nitrogens with zero attached hydrogens (tertiary/aromatic N) is 5. The van der Waals surface area contributed by atoms with Crippen LogP contribution in [0.4, 0.5) is 0 Å². The van der Waals surface area contributed by atoms with E-state index >= 15 is 0 Å². The van der Waals surface area contributed by atoms with E-state index in [1.54, 1.807) is 31.2 Å². The molecule has 31 heteroatoms. The highest BCUT2D eigenvalue weighted by Crippen LogP contribution is 2.43. The van der Waals surface area contributed by atoms with Crippen molar-refractivity contribution >= 4 is 180 Å². The predicted octanol–water partition coefficient (Wildman–Crippen LogP) is 21.8. The van der Waals surface area contributed by atoms with E-state index in [1.807, 2.05) is 157 Å². The largest absolute Gasteiger partial charge is 0.508 e. The number of nitrogens with two attached hydrogens (primary N) is 1. The van der Waals surface area contributed by atoms with Crippen molar-refractivity contribution in [3.05, 3.63) is 180 Å². The first-order valence-corrected chi connectivity index (χ1v) is 47.2. The molecule has 728 valence electrons. The number of hydrogen-bond donors (Lipinski definition) is 2. The summed E-state index contributed by atoms with van der Waals surface area (Å²) in [5.74, 6) is 2.03. The number of aromatic hydroxyl groups is 1. The minimum Gasteiger partial charge on any atom is -0.508 e. The van der Waals surface area contributed by atoms with E-state index in [-0.39, 0.29) is 114 Å². The highest BCUT2D eigenvalue weighted by Gasteiger charge is 2.36. The van der Waals surface area contributed by atoms with E-state index in [4.69, 9.17) is 71.1 Å². The number of Topliss-reactive ketones (excluding diaryl/α,β-unsaturated/α-hetero) is 6. The van der Waals surface area contributed by atoms with Gasteiger partial charge in [-0.25, -0.2) is 0 Å². The number of phenols is 1. The van der Waals surface area contributed by atoms with Gasteiger partial charge >= 0.3 is 24.1 Å². The fourth-order valence-corrected chi connectivity index (χ4v) is 18.2. The van der Waals surface area contributed by atoms with Crippen molar-refractivity contribution in [1.82, 2.24) is 25.8 Å². The van der Waals surface area contributed by atoms with Crippen molar-refractivity contribution in [2.24, 2.45) is 11.7 Å². The van der Waals surface area contributed by atoms with Crippen LogP contribution in [0, 0.1) is 5.92 Å². The lowest BCUT2D eigenvalue weighted by atomic mass is 9.83. The molecular formula is C108H115ClN6O24. The van der Waals surface area contributed by atoms with E-state index in [0.717, 1.165) is 141 Å². The molecule has 5 heterocycles. The molecule has 5 aromatic heterocycles. The van der Waals surface area contributed by atoms with Gasteiger partial charge in [0.25, 0.3) is 0 Å². The van der Waals surface area contributed by atoms with Crippen molar-refractivity contribution in [2.45, 2.75) is 232 Å². The Bertz CT molecular complexity index is 7020. The average Bonchev–Trinajstić information content (AvgIpc) is 1.66. The number of rotatable bonds is 26. The van der Waals surface area contributed by atoms with Gasteiger partial charge in [0.05, 0.1) is 102 Å². The van der Waals surface area contributed by atoms with Crippen molar-refractivity contribution in [3.8, 4) is 28.7 Å². The summed E-state index contributed by atoms with van der Waals surface area (Å²) in [4.78, 5) is 123. The van der Waals surface area contributed by atoms with Gasteiger partial charge in [-0.3, -0.25) is 43.2 Å². The molecule has 3 N–H and O–H groups in total. The fraction of sp³-hybridized carbons (Fsp3) is 0.398. The number of phenolic OH excluding ortho intramolecular Hbond substituents is 1. The van der Waals surface area contributed by atoms with Gasteiger partial charge in [-0.15, -0.1) is 12.4 Å². The first-order valence-electron chi connectivity index (χ1n) is 47.2. The Hall–Kier alpha value is -14.1. The van der Waals surface area contributed by atoms with Crippen LogP contribution in [-0.2, 0) is 79.8 Å². The Balaban J connectivity index is 0.000000146. The van der Waals surface area contributed by atoms with Crippen LogP contribution in [0.5, 0.6) is 28.7 Å². The van der Waals surface area contributed by atoms with Gasteiger partial charge in [0.2, 0.25) is 0 Å². The van der Waals surface area contributed by atoms with Crippen molar-refractivity contribution in [1.29, 1.82) is 0 Å². The maximum Gasteiger partial charge on any atom is 0.373 e. The molecule has 139 heavy (non-hydrogen) atoms. The molecule has 0 saturated heterocycles. The van der Waals surface area contributed by atoms with Crippen molar-refractivity contribution in [3.63, 3.8) is 0 Å². The Morgan fingerprint density at radius 2 is 0.755 bits per heavy atom. The van der Waals surface area contributed by atoms with E-state index in [2.05, 4.69) is 44.8 Å². The number of fused-ring (bicyclic) bond motifs is 15. The molecule has 10 aromatic carbocycles. The first kappa shape index (κ1) is 102. The third-order valence-electron chi connectivity index (χ3n) is 24.4. The molecule has 19 rings (SSSR count). The van der Waals surface area contributed by atoms with Gasteiger partial charge in [0.1, 0.15) is 104 Å². The Morgan fingerprint density at radius 3 is 1.12 bits per heavy atom. The van der Waals surface area contributed by atoms with Crippen LogP contribution in [0.15, 0.2) is 174 Å². The van der Waals surface area contributed by atoms with E-state index in [1.165, 1.54) is 38.5 Å². The van der Waals surface area contributed by atoms with Crippen LogP contribution in [0.2, 0.25) is 0 Å². The second-order valence-electron chi connectivity index (χ2n) is 36.9. The number of aryl methyl sites for hydroxylation is 1. The van der Waals surface area contributed by atoms with Gasteiger partial charge in [0, 0.05) is 38.6 Å². The highest BCUT2D eigenvalue weighted by atomic mass is 35.5. The topological polar surface area (TPSA) is 429 Å². The number of hydrogen-bond acceptors (Lipinski definition) is 30. The van der Waals surface area contributed by atoms with E-state index in [0.29, 0.717) is 148 Å². The molecule has 4 fully saturated rings. The molecule has 4 aliphatic rings. The van der Waals surface area contributed by atoms with Crippen LogP contribution < -0.4 is 24.7 Å². The monoisotopic (exact) mass is 1910 g/mol. The van der Waals surface area contributed by atoms with Crippen molar-refractivity contribution in [2.75, 3.05) is 39.6 Å². The molecule has 30 nitrogen and oxygen atoms in total. The number of esters is 3. The van der Waals surface area contributed by atoms with Crippen molar-refractivity contribution < 1.29 is 114 Å². The molecule has 0 bridgehead atoms. The lowest BCUT2D eigenvalue weighted by molar-refractivity contribution is -0.192. The summed E-state index contributed by atoms with van der Waals surface area (Å²) in [5.41, 5.74) is 11.4. The summed E-state index contributed by atoms with van der Waals surface area (Å²) < 4.78 is 66.0. The number of carbonyl (C=O) groups excluding carboxylic acids is 11. The molecule has 0 aliphatic heterocycles. The summed E-state index contributed by atoms with van der Waals surface area (Å²) in [6, 6.07) is 47.7. The normalized spacial score (nSPS) is 15.8. The van der Waals surface area contributed by atoms with Gasteiger partial charge in [-0.1, -0.05) is 102 Å². The molecule has 4 saturated carbocycles. The van der Waals surface area contributed by atoms with Crippen LogP contribution >= 0.6 is 12.4 Å². The summed E-state index contributed by atoms with van der Waals surface area (Å²) >= 11 is 0. The highest BCUT2D eigenvalue weighted by molar-refractivity contribution is 6.15. The lowest BCUT2D eigenvalue weighted by Gasteiger charge is -2.21. The first-order chi connectivity index (χ1) is 66.5. The minimum atomic E-state index is -0.486. The Kier molecular flexibility index (Phi) is 34.8. The maximum atomic E-state index is 12.5. The zero-order valence-electron chi connectivity index (χ0n) is 79.3. The number of benzene rings is 10. The second-order valence-corrected chi connectivity index (χ2v) is 36.9. The van der Waals surface area contributed by atoms with Gasteiger partial charge in [0.15, 0.2) is 27.9 Å². The fourth-order valence-electron chi connectivity index (χ4n) is 18.2. The molecule has 3 unspecified atom stereocenters. The molecule has 0 spiro atoms. The molecule has 0 amide bonds. The molecule has 0 radical (unpaired) electrons. The number of carbonyl (C=O) groups is 9. The molecule has 15 aromatic rings. The van der Waals surface area contributed by atoms with Crippen LogP contribution in [0.1, 0.15) is 236 Å². The standard InChI is InChI=1S/C26H29NO4.C25H27NO6.C22H27NO4.C19H18N2O4.C15H13NO4.CO2.ClH/c28-19-9-11-22(23(29)16-19)26-25-21-12-10-20(15-18(21)8-13-24(25)31-27-26)30-14-4-7-17-5-2-1-3-6-17;1-25(2,3)31-22(29)5-4-12-30-17-8-10-18-15(13-17)6-11-21-23(18)24(26-32-21)19-9-7-16(27)14-20(19)28;1-5-7-18-21-17-11-10-16(14-15(17)9-12-19(21)27-23-18)25-13-6-8-20(24)26-22(2,3)4;20-7-8-24-13-3-5-14-11(9-13)1-6-17-18(14)19(21-25-17)15-4-2-12(22)10-16(15)23;1-2-19-14(18)8-12-15-11-5-4-10(17)7-9(11)3-6-13(15)20-16-12;2-1-3;/h8,10,12-13,15,17,22H,1-7,9,11,14,16H2;6,8,10-11,13,19H,4-5,7,9,12,14H2,1-3H3;9-12,14H,5-8,13H2,1-4H3;1,3,5-6,9,15H,2,4,7-8,10,20H2;3-7,17H,2,8H2,1H3;;1H. The minimum absolute atomic E-state index is 0. The second kappa shape index (κ2) is 47.3. The quantitative estimate of drug-likeness (QED) is 0.0220. The third kappa shape index (κ3) is 26.2. The third-order valence-corrected chi connectivity index (χ3v) is 24.4. The van der Waals surface area contributed by atoms with Crippen LogP contribution in [0.3, 0.4) is 0 Å². The smallest absolute Gasteiger partial charge is 0.373 e. The summed E-state index contributed by atoms with van der Waals surface area (Å²) in [7, 11) is 0.